The van der Waals surface area contributed by atoms with E-state index in [1.807, 2.05) is 36.2 Å². The molecule has 1 aromatic carbocycles. The van der Waals surface area contributed by atoms with Gasteiger partial charge in [0.1, 0.15) is 11.8 Å². The molecule has 4 rings (SSSR count). The van der Waals surface area contributed by atoms with Crippen LogP contribution in [0.1, 0.15) is 36.0 Å². The quantitative estimate of drug-likeness (QED) is 0.922. The van der Waals surface area contributed by atoms with Crippen LogP contribution in [0.3, 0.4) is 0 Å². The van der Waals surface area contributed by atoms with Crippen LogP contribution in [0.5, 0.6) is 0 Å². The predicted molar refractivity (Wildman–Crippen MR) is 81.3 cm³/mol. The van der Waals surface area contributed by atoms with Gasteiger partial charge in [-0.15, -0.1) is 0 Å². The van der Waals surface area contributed by atoms with Crippen LogP contribution in [-0.2, 0) is 0 Å². The van der Waals surface area contributed by atoms with E-state index < -0.39 is 0 Å². The van der Waals surface area contributed by atoms with Gasteiger partial charge in [0.15, 0.2) is 0 Å². The van der Waals surface area contributed by atoms with E-state index >= 15 is 0 Å². The zero-order chi connectivity index (χ0) is 14.4. The molecule has 110 valence electrons. The number of hydrogen-bond acceptors (Lipinski definition) is 3. The number of para-hydroxylation sites is 1. The van der Waals surface area contributed by atoms with Crippen LogP contribution in [0.25, 0.3) is 11.0 Å². The Kier molecular flexibility index (Phi) is 3.00. The molecule has 2 aliphatic rings. The molecule has 2 unspecified atom stereocenters. The molecule has 2 saturated heterocycles. The minimum atomic E-state index is 0.0752. The summed E-state index contributed by atoms with van der Waals surface area (Å²) in [6.07, 6.45) is 6.22. The maximum absolute atomic E-state index is 12.8. The third-order valence-electron chi connectivity index (χ3n) is 5.03. The van der Waals surface area contributed by atoms with Crippen molar-refractivity contribution < 1.29 is 9.21 Å². The maximum Gasteiger partial charge on any atom is 0.257 e. The molecule has 4 nitrogen and oxygen atoms in total. The van der Waals surface area contributed by atoms with Gasteiger partial charge in [0.2, 0.25) is 0 Å². The van der Waals surface area contributed by atoms with Crippen LogP contribution in [0.4, 0.5) is 0 Å². The fourth-order valence-electron chi connectivity index (χ4n) is 3.84. The number of carbonyl (C=O) groups is 1. The molecule has 0 radical (unpaired) electrons. The van der Waals surface area contributed by atoms with Gasteiger partial charge in [0.25, 0.3) is 5.91 Å². The summed E-state index contributed by atoms with van der Waals surface area (Å²) in [4.78, 5) is 14.7. The second-order valence-electron chi connectivity index (χ2n) is 6.32. The van der Waals surface area contributed by atoms with Gasteiger partial charge < -0.3 is 14.6 Å². The molecule has 1 amide bonds. The largest absolute Gasteiger partial charge is 0.463 e. The Morgan fingerprint density at radius 2 is 1.95 bits per heavy atom. The number of piperidine rings is 1. The first-order valence-corrected chi connectivity index (χ1v) is 7.72. The number of hydrogen-bond donors (Lipinski definition) is 1. The second-order valence-corrected chi connectivity index (χ2v) is 6.32. The van der Waals surface area contributed by atoms with Gasteiger partial charge >= 0.3 is 0 Å². The molecule has 4 heteroatoms. The van der Waals surface area contributed by atoms with E-state index in [2.05, 4.69) is 5.32 Å². The zero-order valence-corrected chi connectivity index (χ0v) is 12.2. The molecule has 2 fully saturated rings. The molecule has 21 heavy (non-hydrogen) atoms. The first-order valence-electron chi connectivity index (χ1n) is 7.72. The van der Waals surface area contributed by atoms with Crippen molar-refractivity contribution in [3.8, 4) is 0 Å². The number of amides is 1. The van der Waals surface area contributed by atoms with Crippen molar-refractivity contribution >= 4 is 16.9 Å². The van der Waals surface area contributed by atoms with E-state index in [9.17, 15) is 4.79 Å². The fourth-order valence-corrected chi connectivity index (χ4v) is 3.84. The topological polar surface area (TPSA) is 45.5 Å². The Labute approximate surface area is 124 Å². The molecule has 0 saturated carbocycles. The smallest absolute Gasteiger partial charge is 0.257 e. The molecule has 0 aliphatic carbocycles. The van der Waals surface area contributed by atoms with Gasteiger partial charge in [-0.05, 0) is 31.7 Å². The summed E-state index contributed by atoms with van der Waals surface area (Å²) in [6.45, 7) is 0. The highest BCUT2D eigenvalue weighted by molar-refractivity contribution is 6.05. The number of benzene rings is 1. The number of nitrogens with one attached hydrogen (secondary N) is 1. The molecule has 2 bridgehead atoms. The summed E-state index contributed by atoms with van der Waals surface area (Å²) in [5.74, 6) is 0.0752. The maximum atomic E-state index is 12.8. The van der Waals surface area contributed by atoms with Gasteiger partial charge in [-0.3, -0.25) is 4.79 Å². The third kappa shape index (κ3) is 2.14. The van der Waals surface area contributed by atoms with Crippen LogP contribution in [-0.4, -0.2) is 36.0 Å². The van der Waals surface area contributed by atoms with Crippen LogP contribution < -0.4 is 5.32 Å². The molecular weight excluding hydrogens is 264 g/mol. The molecular formula is C17H20N2O2. The van der Waals surface area contributed by atoms with E-state index in [1.165, 1.54) is 12.8 Å². The minimum Gasteiger partial charge on any atom is -0.463 e. The average Bonchev–Trinajstić information content (AvgIpc) is 3.09. The fraction of sp³-hybridized carbons (Fsp3) is 0.471. The van der Waals surface area contributed by atoms with E-state index in [0.29, 0.717) is 23.7 Å². The molecule has 1 aromatic heterocycles. The Morgan fingerprint density at radius 3 is 2.71 bits per heavy atom. The van der Waals surface area contributed by atoms with Crippen molar-refractivity contribution in [2.24, 2.45) is 0 Å². The monoisotopic (exact) mass is 284 g/mol. The summed E-state index contributed by atoms with van der Waals surface area (Å²) in [5, 5.41) is 4.53. The van der Waals surface area contributed by atoms with Crippen molar-refractivity contribution in [3.05, 3.63) is 36.1 Å². The summed E-state index contributed by atoms with van der Waals surface area (Å²) in [6, 6.07) is 9.23. The normalized spacial score (nSPS) is 28.0. The SMILES string of the molecule is CN(C(=O)c1coc2ccccc12)C1CC2CCC(C1)N2. The van der Waals surface area contributed by atoms with Crippen LogP contribution in [0, 0.1) is 0 Å². The average molecular weight is 284 g/mol. The molecule has 2 atom stereocenters. The minimum absolute atomic E-state index is 0.0752. The summed E-state index contributed by atoms with van der Waals surface area (Å²) in [7, 11) is 1.93. The molecule has 2 aliphatic heterocycles. The van der Waals surface area contributed by atoms with E-state index in [-0.39, 0.29) is 5.91 Å². The van der Waals surface area contributed by atoms with Crippen molar-refractivity contribution in [1.82, 2.24) is 10.2 Å². The lowest BCUT2D eigenvalue weighted by Gasteiger charge is -2.35. The zero-order valence-electron chi connectivity index (χ0n) is 12.2. The summed E-state index contributed by atoms with van der Waals surface area (Å²) in [5.41, 5.74) is 1.46. The Morgan fingerprint density at radius 1 is 1.24 bits per heavy atom. The first-order chi connectivity index (χ1) is 10.2. The first kappa shape index (κ1) is 12.9. The van der Waals surface area contributed by atoms with Gasteiger partial charge in [-0.25, -0.2) is 0 Å². The van der Waals surface area contributed by atoms with E-state index in [4.69, 9.17) is 4.42 Å². The van der Waals surface area contributed by atoms with Crippen molar-refractivity contribution in [2.75, 3.05) is 7.05 Å². The van der Waals surface area contributed by atoms with Gasteiger partial charge in [-0.2, -0.15) is 0 Å². The van der Waals surface area contributed by atoms with E-state index in [0.717, 1.165) is 23.8 Å². The number of nitrogens with zero attached hydrogens (tertiary/aromatic N) is 1. The molecule has 2 aromatic rings. The Bertz CT molecular complexity index is 666. The van der Waals surface area contributed by atoms with Gasteiger partial charge in [0.05, 0.1) is 5.56 Å². The second kappa shape index (κ2) is 4.88. The molecule has 0 spiro atoms. The van der Waals surface area contributed by atoms with Crippen molar-refractivity contribution in [3.63, 3.8) is 0 Å². The summed E-state index contributed by atoms with van der Waals surface area (Å²) >= 11 is 0. The molecule has 1 N–H and O–H groups in total. The number of furan rings is 1. The lowest BCUT2D eigenvalue weighted by Crippen LogP contribution is -2.48. The number of carbonyl (C=O) groups excluding carboxylic acids is 1. The Hall–Kier alpha value is -1.81. The van der Waals surface area contributed by atoms with Crippen LogP contribution in [0.15, 0.2) is 34.9 Å². The third-order valence-corrected chi connectivity index (χ3v) is 5.03. The van der Waals surface area contributed by atoms with E-state index in [1.54, 1.807) is 6.26 Å². The lowest BCUT2D eigenvalue weighted by molar-refractivity contribution is 0.0682. The van der Waals surface area contributed by atoms with Gasteiger partial charge in [-0.1, -0.05) is 18.2 Å². The lowest BCUT2D eigenvalue weighted by atomic mass is 9.98. The number of fused-ring (bicyclic) bond motifs is 3. The number of rotatable bonds is 2. The van der Waals surface area contributed by atoms with Gasteiger partial charge in [0, 0.05) is 30.6 Å². The van der Waals surface area contributed by atoms with Crippen LogP contribution in [0.2, 0.25) is 0 Å². The predicted octanol–water partition coefficient (Wildman–Crippen LogP) is 2.79. The summed E-state index contributed by atoms with van der Waals surface area (Å²) < 4.78 is 5.50. The van der Waals surface area contributed by atoms with Crippen LogP contribution >= 0.6 is 0 Å². The highest BCUT2D eigenvalue weighted by Crippen LogP contribution is 2.30. The molecule has 3 heterocycles. The van der Waals surface area contributed by atoms with Crippen molar-refractivity contribution in [1.29, 1.82) is 0 Å². The highest BCUT2D eigenvalue weighted by atomic mass is 16.3. The Balaban J connectivity index is 1.59. The highest BCUT2D eigenvalue weighted by Gasteiger charge is 2.36. The van der Waals surface area contributed by atoms with Crippen molar-refractivity contribution in [2.45, 2.75) is 43.8 Å². The standard InChI is InChI=1S/C17H20N2O2/c1-19(13-8-11-6-7-12(9-13)18-11)17(20)15-10-21-16-5-3-2-4-14(15)16/h2-5,10-13,18H,6-9H2,1H3.